The number of nitrogens with one attached hydrogen (secondary N) is 1. The molecule has 0 aromatic rings. The third kappa shape index (κ3) is 428. The fourth-order valence-corrected chi connectivity index (χ4v) is 0. The predicted molar refractivity (Wildman–Crippen MR) is 57.0 cm³/mol. The van der Waals surface area contributed by atoms with Crippen molar-refractivity contribution >= 4 is 59.1 Å². The first kappa shape index (κ1) is 22.5. The molecule has 0 unspecified atom stereocenters. The van der Waals surface area contributed by atoms with E-state index in [4.69, 9.17) is 0 Å². The first-order valence-electron chi connectivity index (χ1n) is 1.94. The van der Waals surface area contributed by atoms with Crippen molar-refractivity contribution in [3.05, 3.63) is 0 Å². The Hall–Kier alpha value is 1.20. The average Bonchev–Trinajstić information content (AvgIpc) is 1.70. The molecule has 0 amide bonds. The Morgan fingerprint density at radius 3 is 1.10 bits per heavy atom. The fraction of sp³-hybridized carbons (Fsp3) is 0.500. The second-order valence-corrected chi connectivity index (χ2v) is 2.23. The molecule has 0 spiro atoms. The topological polar surface area (TPSA) is 12.0 Å². The molecule has 0 rings (SSSR count). The van der Waals surface area contributed by atoms with E-state index in [0.29, 0.717) is 0 Å². The zero-order valence-corrected chi connectivity index (χ0v) is 12.2. The largest absolute Gasteiger partial charge is 2.00 e. The molecule has 0 atom stereocenters. The summed E-state index contributed by atoms with van der Waals surface area (Å²) in [6.45, 7) is 0. The number of hydrogen-bond donors (Lipinski definition) is 1. The van der Waals surface area contributed by atoms with Gasteiger partial charge in [0.1, 0.15) is 0 Å². The summed E-state index contributed by atoms with van der Waals surface area (Å²) < 4.78 is 2.33. The molecule has 0 aromatic heterocycles. The van der Waals surface area contributed by atoms with Crippen LogP contribution in [0.1, 0.15) is 0 Å². The zero-order valence-electron chi connectivity index (χ0n) is 5.99. The van der Waals surface area contributed by atoms with E-state index in [-0.39, 0.29) is 19.5 Å². The van der Waals surface area contributed by atoms with Crippen LogP contribution in [0.3, 0.4) is 0 Å². The van der Waals surface area contributed by atoms with Crippen molar-refractivity contribution in [3.8, 4) is 0 Å². The Labute approximate surface area is 97.3 Å². The van der Waals surface area contributed by atoms with Crippen molar-refractivity contribution < 1.29 is 19.5 Å². The van der Waals surface area contributed by atoms with E-state index in [0.717, 1.165) is 0 Å². The van der Waals surface area contributed by atoms with Gasteiger partial charge in [0.25, 0.3) is 0 Å². The van der Waals surface area contributed by atoms with Crippen LogP contribution in [0.5, 0.6) is 0 Å². The molecular formula is C4H9NS4Zn. The van der Waals surface area contributed by atoms with Gasteiger partial charge in [-0.3, -0.25) is 0 Å². The van der Waals surface area contributed by atoms with Crippen molar-refractivity contribution in [2.75, 3.05) is 14.1 Å². The average molecular weight is 265 g/mol. The van der Waals surface area contributed by atoms with Crippen molar-refractivity contribution in [2.24, 2.45) is 0 Å². The van der Waals surface area contributed by atoms with Crippen LogP contribution in [0.4, 0.5) is 0 Å². The normalized spacial score (nSPS) is 4.20. The first-order chi connectivity index (χ1) is 4.24. The Bertz CT molecular complexity index is 46.5. The van der Waals surface area contributed by atoms with Gasteiger partial charge in [0.15, 0.2) is 0 Å². The molecule has 1 nitrogen and oxygen atoms in total. The van der Waals surface area contributed by atoms with Crippen molar-refractivity contribution in [2.45, 2.75) is 0 Å². The minimum Gasteiger partial charge on any atom is -0.436 e. The van der Waals surface area contributed by atoms with Crippen LogP contribution in [-0.4, -0.2) is 23.5 Å². The summed E-state index contributed by atoms with van der Waals surface area (Å²) >= 11 is 16.3. The maximum Gasteiger partial charge on any atom is 2.00 e. The van der Waals surface area contributed by atoms with Crippen molar-refractivity contribution in [3.63, 3.8) is 0 Å². The maximum atomic E-state index is 4.08. The number of hydrogen-bond acceptors (Lipinski definition) is 5. The smallest absolute Gasteiger partial charge is 0.436 e. The van der Waals surface area contributed by atoms with Crippen LogP contribution in [0, 0.1) is 0 Å². The molecule has 0 heterocycles. The van der Waals surface area contributed by atoms with Gasteiger partial charge >= 0.3 is 19.5 Å². The van der Waals surface area contributed by atoms with Gasteiger partial charge in [0.2, 0.25) is 0 Å². The molecule has 0 saturated heterocycles. The van der Waals surface area contributed by atoms with E-state index in [2.05, 4.69) is 55.0 Å². The van der Waals surface area contributed by atoms with Gasteiger partial charge in [-0.1, -0.05) is 0 Å². The van der Waals surface area contributed by atoms with E-state index in [1.165, 1.54) is 9.40 Å². The summed E-state index contributed by atoms with van der Waals surface area (Å²) in [4.78, 5) is 0. The van der Waals surface area contributed by atoms with Gasteiger partial charge in [-0.2, -0.15) is 9.40 Å². The third-order valence-corrected chi connectivity index (χ3v) is 0. The number of thiocarbonyl (C=S) groups is 2. The Morgan fingerprint density at radius 2 is 1.10 bits per heavy atom. The van der Waals surface area contributed by atoms with Crippen LogP contribution >= 0.6 is 24.4 Å². The molecule has 0 aliphatic rings. The second kappa shape index (κ2) is 48.9. The standard InChI is InChI=1S/C2H7N.2CH2S2.Zn/c1-3-2;2*2-1-3;/h3H,1-2H3;2*1H,(H,2,3);/q;;;+2/p-2. The first-order valence-corrected chi connectivity index (χ1v) is 3.83. The maximum absolute atomic E-state index is 4.08. The third-order valence-electron chi connectivity index (χ3n) is 0. The van der Waals surface area contributed by atoms with Crippen LogP contribution in [-0.2, 0) is 44.7 Å². The molecule has 10 heavy (non-hydrogen) atoms. The van der Waals surface area contributed by atoms with E-state index in [1.807, 2.05) is 14.1 Å². The summed E-state index contributed by atoms with van der Waals surface area (Å²) in [5.74, 6) is 0. The molecule has 56 valence electrons. The van der Waals surface area contributed by atoms with Gasteiger partial charge in [-0.25, -0.2) is 0 Å². The SMILES string of the molecule is CNC.S=C[S-].S=C[S-].[Zn+2]. The molecule has 0 saturated carbocycles. The van der Waals surface area contributed by atoms with Gasteiger partial charge in [-0.05, 0) is 14.1 Å². The molecule has 6 heteroatoms. The van der Waals surface area contributed by atoms with Crippen LogP contribution < -0.4 is 5.32 Å². The van der Waals surface area contributed by atoms with Crippen LogP contribution in [0.2, 0.25) is 0 Å². The Balaban J connectivity index is -0.0000000257. The fourth-order valence-electron chi connectivity index (χ4n) is 0. The Kier molecular flexibility index (Phi) is 110. The van der Waals surface area contributed by atoms with Crippen LogP contribution in [0.25, 0.3) is 0 Å². The zero-order chi connectivity index (χ0) is 8.12. The summed E-state index contributed by atoms with van der Waals surface area (Å²) in [5, 5.41) is 2.75. The van der Waals surface area contributed by atoms with E-state index < -0.39 is 0 Å². The molecular weight excluding hydrogens is 256 g/mol. The van der Waals surface area contributed by atoms with Crippen LogP contribution in [0.15, 0.2) is 0 Å². The summed E-state index contributed by atoms with van der Waals surface area (Å²) in [5.41, 5.74) is 0. The molecule has 0 aromatic carbocycles. The Morgan fingerprint density at radius 1 is 1.10 bits per heavy atom. The number of rotatable bonds is 0. The van der Waals surface area contributed by atoms with Gasteiger partial charge < -0.3 is 55.0 Å². The van der Waals surface area contributed by atoms with E-state index >= 15 is 0 Å². The minimum atomic E-state index is 0. The second-order valence-electron chi connectivity index (χ2n) is 0.692. The molecule has 1 N–H and O–H groups in total. The molecule has 0 radical (unpaired) electrons. The molecule has 0 aliphatic heterocycles. The minimum absolute atomic E-state index is 0. The van der Waals surface area contributed by atoms with Crippen molar-refractivity contribution in [1.82, 2.24) is 5.32 Å². The summed E-state index contributed by atoms with van der Waals surface area (Å²) in [6, 6.07) is 0. The molecule has 0 fully saturated rings. The van der Waals surface area contributed by atoms with Gasteiger partial charge in [0, 0.05) is 0 Å². The molecule has 0 aliphatic carbocycles. The van der Waals surface area contributed by atoms with Gasteiger partial charge in [-0.15, -0.1) is 0 Å². The summed E-state index contributed by atoms with van der Waals surface area (Å²) in [7, 11) is 3.75. The predicted octanol–water partition coefficient (Wildman–Crippen LogP) is 0.814. The quantitative estimate of drug-likeness (QED) is 0.394. The van der Waals surface area contributed by atoms with E-state index in [1.54, 1.807) is 0 Å². The molecule has 0 bridgehead atoms. The summed E-state index contributed by atoms with van der Waals surface area (Å²) in [6.07, 6.45) is 0. The van der Waals surface area contributed by atoms with Gasteiger partial charge in [0.05, 0.1) is 0 Å². The van der Waals surface area contributed by atoms with E-state index in [9.17, 15) is 0 Å². The monoisotopic (exact) mass is 263 g/mol. The van der Waals surface area contributed by atoms with Crippen molar-refractivity contribution in [1.29, 1.82) is 0 Å².